The zero-order valence-electron chi connectivity index (χ0n) is 57.2. The topological polar surface area (TPSA) is 95.9 Å². The molecule has 6 nitrogen and oxygen atoms in total. The van der Waals surface area contributed by atoms with Crippen LogP contribution in [0.5, 0.6) is 0 Å². The Morgan fingerprint density at radius 1 is 0.333 bits per heavy atom. The van der Waals surface area contributed by atoms with E-state index in [2.05, 4.69) is 43.5 Å². The molecule has 498 valence electrons. The smallest absolute Gasteiger partial charge is 0.305 e. The fourth-order valence-corrected chi connectivity index (χ4v) is 12.4. The average molecular weight is 1180 g/mol. The second kappa shape index (κ2) is 73.8. The maximum absolute atomic E-state index is 12.5. The van der Waals surface area contributed by atoms with Gasteiger partial charge in [0.05, 0.1) is 25.4 Å². The average Bonchev–Trinajstić information content (AvgIpc) is 3.53. The number of nitrogens with one attached hydrogen (secondary N) is 1. The third-order valence-corrected chi connectivity index (χ3v) is 18.3. The summed E-state index contributed by atoms with van der Waals surface area (Å²) >= 11 is 0. The highest BCUT2D eigenvalue weighted by molar-refractivity contribution is 5.76. The van der Waals surface area contributed by atoms with Gasteiger partial charge in [-0.05, 0) is 57.8 Å². The lowest BCUT2D eigenvalue weighted by atomic mass is 10.0. The van der Waals surface area contributed by atoms with E-state index < -0.39 is 12.1 Å². The molecule has 1 amide bonds. The minimum atomic E-state index is -0.660. The summed E-state index contributed by atoms with van der Waals surface area (Å²) in [5, 5.41) is 23.2. The number of aliphatic hydroxyl groups excluding tert-OH is 2. The Morgan fingerprint density at radius 3 is 0.905 bits per heavy atom. The summed E-state index contributed by atoms with van der Waals surface area (Å²) in [4.78, 5) is 24.6. The molecule has 0 aliphatic heterocycles. The van der Waals surface area contributed by atoms with Crippen molar-refractivity contribution in [3.8, 4) is 0 Å². The van der Waals surface area contributed by atoms with Gasteiger partial charge in [-0.25, -0.2) is 0 Å². The van der Waals surface area contributed by atoms with E-state index in [1.165, 1.54) is 360 Å². The minimum Gasteiger partial charge on any atom is -0.466 e. The number of esters is 1. The first-order valence-electron chi connectivity index (χ1n) is 38.6. The summed E-state index contributed by atoms with van der Waals surface area (Å²) in [6, 6.07) is -0.538. The van der Waals surface area contributed by atoms with Gasteiger partial charge in [0, 0.05) is 12.8 Å². The molecule has 3 N–H and O–H groups in total. The van der Waals surface area contributed by atoms with Gasteiger partial charge in [-0.2, -0.15) is 0 Å². The van der Waals surface area contributed by atoms with Crippen LogP contribution in [-0.2, 0) is 14.3 Å². The first-order chi connectivity index (χ1) is 41.5. The number of hydrogen-bond acceptors (Lipinski definition) is 5. The van der Waals surface area contributed by atoms with E-state index in [4.69, 9.17) is 4.74 Å². The Bertz CT molecular complexity index is 1320. The summed E-state index contributed by atoms with van der Waals surface area (Å²) in [5.41, 5.74) is 0. The number of hydrogen-bond donors (Lipinski definition) is 3. The van der Waals surface area contributed by atoms with Crippen molar-refractivity contribution >= 4 is 11.9 Å². The van der Waals surface area contributed by atoms with Crippen molar-refractivity contribution in [3.63, 3.8) is 0 Å². The predicted molar refractivity (Wildman–Crippen MR) is 370 cm³/mol. The highest BCUT2D eigenvalue weighted by atomic mass is 16.5. The molecule has 0 bridgehead atoms. The van der Waals surface area contributed by atoms with Crippen LogP contribution < -0.4 is 5.32 Å². The standard InChI is InChI=1S/C78H151NO5/c1-3-5-7-9-11-13-15-16-17-18-38-42-45-48-52-56-60-64-68-72-78(83)84-73-69-65-61-57-53-49-46-43-40-37-35-33-31-29-27-25-23-21-19-20-22-24-26-28-30-32-34-36-39-41-44-47-51-55-59-63-67-71-77(82)79-75(74-80)76(81)70-66-62-58-54-50-14-12-10-8-6-4-2/h19,21,25,27,75-76,80-81H,3-18,20,22-24,26,28-74H2,1-2H3,(H,79,82)/b21-19-,27-25-. The molecule has 0 aromatic carbocycles. The molecule has 0 radical (unpaired) electrons. The highest BCUT2D eigenvalue weighted by Gasteiger charge is 2.20. The van der Waals surface area contributed by atoms with Crippen LogP contribution in [0.3, 0.4) is 0 Å². The number of rotatable bonds is 73. The van der Waals surface area contributed by atoms with E-state index in [9.17, 15) is 19.8 Å². The van der Waals surface area contributed by atoms with Crippen molar-refractivity contribution in [2.24, 2.45) is 0 Å². The molecule has 0 fully saturated rings. The number of aliphatic hydroxyl groups is 2. The van der Waals surface area contributed by atoms with Crippen LogP contribution in [0, 0.1) is 0 Å². The van der Waals surface area contributed by atoms with Crippen molar-refractivity contribution in [2.45, 2.75) is 450 Å². The van der Waals surface area contributed by atoms with E-state index in [1.807, 2.05) is 0 Å². The normalized spacial score (nSPS) is 12.6. The molecule has 0 saturated carbocycles. The van der Waals surface area contributed by atoms with Gasteiger partial charge in [0.15, 0.2) is 0 Å². The zero-order chi connectivity index (χ0) is 60.6. The van der Waals surface area contributed by atoms with Crippen LogP contribution in [0.1, 0.15) is 438 Å². The summed E-state index contributed by atoms with van der Waals surface area (Å²) < 4.78 is 5.52. The number of unbranched alkanes of at least 4 members (excludes halogenated alkanes) is 58. The Kier molecular flexibility index (Phi) is 72.3. The summed E-state index contributed by atoms with van der Waals surface area (Å²) in [6.45, 7) is 4.99. The lowest BCUT2D eigenvalue weighted by Crippen LogP contribution is -2.45. The number of amides is 1. The van der Waals surface area contributed by atoms with E-state index in [1.54, 1.807) is 0 Å². The van der Waals surface area contributed by atoms with Gasteiger partial charge in [-0.3, -0.25) is 9.59 Å². The quantitative estimate of drug-likeness (QED) is 0.0320. The third-order valence-electron chi connectivity index (χ3n) is 18.3. The number of ether oxygens (including phenoxy) is 1. The Hall–Kier alpha value is -1.66. The summed E-state index contributed by atoms with van der Waals surface area (Å²) in [5.74, 6) is -0.00659. The van der Waals surface area contributed by atoms with Gasteiger partial charge in [-0.1, -0.05) is 391 Å². The van der Waals surface area contributed by atoms with Gasteiger partial charge >= 0.3 is 5.97 Å². The van der Waals surface area contributed by atoms with E-state index >= 15 is 0 Å². The molecule has 0 heterocycles. The zero-order valence-corrected chi connectivity index (χ0v) is 57.2. The maximum Gasteiger partial charge on any atom is 0.305 e. The minimum absolute atomic E-state index is 0.0244. The van der Waals surface area contributed by atoms with Crippen LogP contribution in [0.4, 0.5) is 0 Å². The Labute approximate surface area is 526 Å². The first kappa shape index (κ1) is 82.3. The second-order valence-electron chi connectivity index (χ2n) is 26.7. The number of allylic oxidation sites excluding steroid dienone is 4. The van der Waals surface area contributed by atoms with Crippen molar-refractivity contribution in [1.82, 2.24) is 5.32 Å². The molecular weight excluding hydrogens is 1030 g/mol. The molecule has 0 spiro atoms. The van der Waals surface area contributed by atoms with Gasteiger partial charge in [0.25, 0.3) is 0 Å². The molecule has 0 aromatic heterocycles. The van der Waals surface area contributed by atoms with Crippen LogP contribution in [0.15, 0.2) is 24.3 Å². The predicted octanol–water partition coefficient (Wildman–Crippen LogP) is 25.3. The molecule has 2 unspecified atom stereocenters. The molecule has 0 rings (SSSR count). The van der Waals surface area contributed by atoms with Gasteiger partial charge < -0.3 is 20.3 Å². The number of carbonyl (C=O) groups excluding carboxylic acids is 2. The SMILES string of the molecule is CCCCCCCCCCCCCCCCCCCCCC(=O)OCCCCCCCCCCCCCCC/C=C\C/C=C\CCCCCCCCCCCCCCCCCCCC(=O)NC(CO)C(O)CCCCCCCCCCCCC. The third kappa shape index (κ3) is 69.4. The van der Waals surface area contributed by atoms with Gasteiger partial charge in [0.2, 0.25) is 5.91 Å². The van der Waals surface area contributed by atoms with E-state index in [-0.39, 0.29) is 18.5 Å². The monoisotopic (exact) mass is 1180 g/mol. The van der Waals surface area contributed by atoms with Crippen molar-refractivity contribution in [2.75, 3.05) is 13.2 Å². The van der Waals surface area contributed by atoms with Crippen LogP contribution in [0.2, 0.25) is 0 Å². The largest absolute Gasteiger partial charge is 0.466 e. The van der Waals surface area contributed by atoms with Gasteiger partial charge in [0.1, 0.15) is 0 Å². The molecule has 0 aliphatic rings. The summed E-state index contributed by atoms with van der Waals surface area (Å²) in [7, 11) is 0. The van der Waals surface area contributed by atoms with Crippen LogP contribution in [0.25, 0.3) is 0 Å². The van der Waals surface area contributed by atoms with Crippen molar-refractivity contribution < 1.29 is 24.5 Å². The van der Waals surface area contributed by atoms with Crippen LogP contribution >= 0.6 is 0 Å². The lowest BCUT2D eigenvalue weighted by molar-refractivity contribution is -0.143. The molecule has 0 saturated heterocycles. The second-order valence-corrected chi connectivity index (χ2v) is 26.7. The Balaban J connectivity index is 3.32. The van der Waals surface area contributed by atoms with E-state index in [0.717, 1.165) is 44.9 Å². The molecule has 0 aliphatic carbocycles. The fourth-order valence-electron chi connectivity index (χ4n) is 12.4. The molecule has 0 aromatic rings. The van der Waals surface area contributed by atoms with Crippen molar-refractivity contribution in [3.05, 3.63) is 24.3 Å². The lowest BCUT2D eigenvalue weighted by Gasteiger charge is -2.22. The molecule has 2 atom stereocenters. The van der Waals surface area contributed by atoms with Crippen molar-refractivity contribution in [1.29, 1.82) is 0 Å². The van der Waals surface area contributed by atoms with Gasteiger partial charge in [-0.15, -0.1) is 0 Å². The highest BCUT2D eigenvalue weighted by Crippen LogP contribution is 2.20. The first-order valence-corrected chi connectivity index (χ1v) is 38.6. The Morgan fingerprint density at radius 2 is 0.595 bits per heavy atom. The molecular formula is C78H151NO5. The molecule has 6 heteroatoms. The maximum atomic E-state index is 12.5. The molecule has 84 heavy (non-hydrogen) atoms. The number of carbonyl (C=O) groups is 2. The van der Waals surface area contributed by atoms with E-state index in [0.29, 0.717) is 25.9 Å². The summed E-state index contributed by atoms with van der Waals surface area (Å²) in [6.07, 6.45) is 94.2. The van der Waals surface area contributed by atoms with Crippen LogP contribution in [-0.4, -0.2) is 47.4 Å². The fraction of sp³-hybridized carbons (Fsp3) is 0.923.